The lowest BCUT2D eigenvalue weighted by molar-refractivity contribution is 0.806. The van der Waals surface area contributed by atoms with Crippen LogP contribution in [0.1, 0.15) is 17.8 Å². The van der Waals surface area contributed by atoms with Gasteiger partial charge in [-0.25, -0.2) is 9.97 Å². The van der Waals surface area contributed by atoms with E-state index in [0.717, 1.165) is 42.2 Å². The Morgan fingerprint density at radius 1 is 1.30 bits per heavy atom. The van der Waals surface area contributed by atoms with Crippen LogP contribution in [0.25, 0.3) is 5.65 Å². The Hall–Kier alpha value is -2.41. The highest BCUT2D eigenvalue weighted by Gasteiger charge is 2.06. The predicted molar refractivity (Wildman–Crippen MR) is 76.3 cm³/mol. The molecule has 0 radical (unpaired) electrons. The molecule has 0 aromatic carbocycles. The summed E-state index contributed by atoms with van der Waals surface area (Å²) in [4.78, 5) is 11.6. The summed E-state index contributed by atoms with van der Waals surface area (Å²) in [5, 5.41) is 7.68. The van der Waals surface area contributed by atoms with Crippen molar-refractivity contribution < 1.29 is 0 Å². The van der Waals surface area contributed by atoms with Crippen molar-refractivity contribution in [2.45, 2.75) is 19.4 Å². The average molecular weight is 271 g/mol. The Kier molecular flexibility index (Phi) is 3.60. The number of rotatable bonds is 6. The van der Waals surface area contributed by atoms with Gasteiger partial charge in [0.15, 0.2) is 5.65 Å². The van der Waals surface area contributed by atoms with Crippen molar-refractivity contribution in [3.05, 3.63) is 42.2 Å². The first-order valence-electron chi connectivity index (χ1n) is 6.62. The molecule has 7 nitrogen and oxygen atoms in total. The second kappa shape index (κ2) is 5.70. The van der Waals surface area contributed by atoms with Crippen LogP contribution in [0.4, 0.5) is 5.82 Å². The second-order valence-corrected chi connectivity index (χ2v) is 4.51. The maximum Gasteiger partial charge on any atom is 0.161 e. The van der Waals surface area contributed by atoms with E-state index in [1.807, 2.05) is 12.3 Å². The molecular formula is C13H17N7. The van der Waals surface area contributed by atoms with E-state index in [1.165, 1.54) is 0 Å². The normalized spacial score (nSPS) is 11.1. The van der Waals surface area contributed by atoms with Crippen molar-refractivity contribution in [2.75, 3.05) is 11.9 Å². The molecule has 0 fully saturated rings. The number of aromatic amines is 1. The molecule has 4 N–H and O–H groups in total. The molecule has 3 rings (SSSR count). The zero-order valence-electron chi connectivity index (χ0n) is 11.1. The monoisotopic (exact) mass is 271 g/mol. The van der Waals surface area contributed by atoms with Crippen LogP contribution in [-0.2, 0) is 13.0 Å². The van der Waals surface area contributed by atoms with E-state index in [9.17, 15) is 0 Å². The average Bonchev–Trinajstić information content (AvgIpc) is 3.12. The molecule has 0 saturated carbocycles. The maximum absolute atomic E-state index is 5.66. The van der Waals surface area contributed by atoms with Gasteiger partial charge in [0, 0.05) is 43.7 Å². The predicted octanol–water partition coefficient (Wildman–Crippen LogP) is 0.956. The largest absolute Gasteiger partial charge is 0.370 e. The quantitative estimate of drug-likeness (QED) is 0.580. The van der Waals surface area contributed by atoms with Gasteiger partial charge in [-0.2, -0.15) is 9.61 Å². The summed E-state index contributed by atoms with van der Waals surface area (Å²) in [7, 11) is 0. The van der Waals surface area contributed by atoms with Gasteiger partial charge in [0.05, 0.1) is 6.20 Å². The van der Waals surface area contributed by atoms with E-state index in [1.54, 1.807) is 23.1 Å². The van der Waals surface area contributed by atoms with Crippen LogP contribution in [0.5, 0.6) is 0 Å². The third-order valence-corrected chi connectivity index (χ3v) is 3.15. The van der Waals surface area contributed by atoms with Crippen LogP contribution in [0.15, 0.2) is 30.9 Å². The summed E-state index contributed by atoms with van der Waals surface area (Å²) in [6.07, 6.45) is 9.05. The van der Waals surface area contributed by atoms with Gasteiger partial charge >= 0.3 is 0 Å². The lowest BCUT2D eigenvalue weighted by Gasteiger charge is -2.07. The van der Waals surface area contributed by atoms with Crippen molar-refractivity contribution in [1.82, 2.24) is 24.6 Å². The number of hydrogen-bond donors (Lipinski definition) is 3. The molecule has 0 saturated heterocycles. The van der Waals surface area contributed by atoms with E-state index in [2.05, 4.69) is 25.4 Å². The van der Waals surface area contributed by atoms with Crippen LogP contribution in [-0.4, -0.2) is 31.1 Å². The molecule has 3 heterocycles. The summed E-state index contributed by atoms with van der Waals surface area (Å²) in [6, 6.07) is 1.91. The highest BCUT2D eigenvalue weighted by Crippen LogP contribution is 2.13. The number of aryl methyl sites for hydroxylation is 1. The van der Waals surface area contributed by atoms with Gasteiger partial charge in [-0.3, -0.25) is 0 Å². The summed E-state index contributed by atoms with van der Waals surface area (Å²) >= 11 is 0. The number of nitrogens with zero attached hydrogens (tertiary/aromatic N) is 4. The molecule has 0 aliphatic heterocycles. The third-order valence-electron chi connectivity index (χ3n) is 3.15. The molecule has 0 unspecified atom stereocenters. The molecule has 0 aliphatic rings. The number of aromatic nitrogens is 5. The van der Waals surface area contributed by atoms with Crippen molar-refractivity contribution in [2.24, 2.45) is 5.73 Å². The standard InChI is InChI=1S/C13H17N7/c14-8-10-9-19-20-12(3-5-18-13(10)20)17-4-1-2-11-15-6-7-16-11/h3,5-7,9,17H,1-2,4,8,14H2,(H,15,16). The summed E-state index contributed by atoms with van der Waals surface area (Å²) in [6.45, 7) is 1.29. The van der Waals surface area contributed by atoms with Crippen molar-refractivity contribution in [1.29, 1.82) is 0 Å². The lowest BCUT2D eigenvalue weighted by atomic mass is 10.3. The van der Waals surface area contributed by atoms with Gasteiger partial charge in [0.2, 0.25) is 0 Å². The number of imidazole rings is 1. The van der Waals surface area contributed by atoms with E-state index in [-0.39, 0.29) is 0 Å². The highest BCUT2D eigenvalue weighted by molar-refractivity contribution is 5.52. The minimum absolute atomic E-state index is 0.443. The van der Waals surface area contributed by atoms with E-state index in [0.29, 0.717) is 6.54 Å². The number of anilines is 1. The summed E-state index contributed by atoms with van der Waals surface area (Å²) in [5.74, 6) is 1.94. The number of fused-ring (bicyclic) bond motifs is 1. The third kappa shape index (κ3) is 2.48. The minimum Gasteiger partial charge on any atom is -0.370 e. The molecule has 3 aromatic rings. The molecule has 20 heavy (non-hydrogen) atoms. The summed E-state index contributed by atoms with van der Waals surface area (Å²) in [5.41, 5.74) is 7.42. The van der Waals surface area contributed by atoms with Crippen LogP contribution in [0, 0.1) is 0 Å². The van der Waals surface area contributed by atoms with E-state index < -0.39 is 0 Å². The van der Waals surface area contributed by atoms with Crippen LogP contribution in [0.2, 0.25) is 0 Å². The van der Waals surface area contributed by atoms with Gasteiger partial charge in [0.1, 0.15) is 11.6 Å². The molecular weight excluding hydrogens is 254 g/mol. The van der Waals surface area contributed by atoms with Crippen molar-refractivity contribution in [3.8, 4) is 0 Å². The Morgan fingerprint density at radius 3 is 3.05 bits per heavy atom. The van der Waals surface area contributed by atoms with Crippen LogP contribution >= 0.6 is 0 Å². The van der Waals surface area contributed by atoms with Gasteiger partial charge < -0.3 is 16.0 Å². The first kappa shape index (κ1) is 12.6. The minimum atomic E-state index is 0.443. The highest BCUT2D eigenvalue weighted by atomic mass is 15.3. The molecule has 104 valence electrons. The van der Waals surface area contributed by atoms with E-state index in [4.69, 9.17) is 5.73 Å². The molecule has 0 bridgehead atoms. The van der Waals surface area contributed by atoms with Gasteiger partial charge in [-0.05, 0) is 12.5 Å². The fourth-order valence-corrected chi connectivity index (χ4v) is 2.12. The van der Waals surface area contributed by atoms with Gasteiger partial charge in [-0.1, -0.05) is 0 Å². The Bertz CT molecular complexity index is 671. The van der Waals surface area contributed by atoms with Crippen LogP contribution in [0.3, 0.4) is 0 Å². The molecule has 7 heteroatoms. The maximum atomic E-state index is 5.66. The number of H-pyrrole nitrogens is 1. The van der Waals surface area contributed by atoms with Crippen molar-refractivity contribution >= 4 is 11.5 Å². The Morgan fingerprint density at radius 2 is 2.25 bits per heavy atom. The zero-order valence-corrected chi connectivity index (χ0v) is 11.1. The number of nitrogens with two attached hydrogens (primary N) is 1. The fourth-order valence-electron chi connectivity index (χ4n) is 2.12. The first-order valence-corrected chi connectivity index (χ1v) is 6.62. The van der Waals surface area contributed by atoms with Crippen molar-refractivity contribution in [3.63, 3.8) is 0 Å². The molecule has 3 aromatic heterocycles. The molecule has 0 amide bonds. The van der Waals surface area contributed by atoms with Gasteiger partial charge in [-0.15, -0.1) is 0 Å². The fraction of sp³-hybridized carbons (Fsp3) is 0.308. The second-order valence-electron chi connectivity index (χ2n) is 4.51. The van der Waals surface area contributed by atoms with Gasteiger partial charge in [0.25, 0.3) is 0 Å². The SMILES string of the molecule is NCc1cnn2c(NCCCc3ncc[nH]3)ccnc12. The summed E-state index contributed by atoms with van der Waals surface area (Å²) < 4.78 is 1.79. The lowest BCUT2D eigenvalue weighted by Crippen LogP contribution is -2.08. The molecule has 0 aliphatic carbocycles. The number of nitrogens with one attached hydrogen (secondary N) is 2. The number of hydrogen-bond acceptors (Lipinski definition) is 5. The molecule has 0 atom stereocenters. The first-order chi connectivity index (χ1) is 9.88. The topological polar surface area (TPSA) is 96.9 Å². The zero-order chi connectivity index (χ0) is 13.8. The molecule has 0 spiro atoms. The van der Waals surface area contributed by atoms with Crippen LogP contribution < -0.4 is 11.1 Å². The Balaban J connectivity index is 1.64. The Labute approximate surface area is 116 Å². The smallest absolute Gasteiger partial charge is 0.161 e. The van der Waals surface area contributed by atoms with E-state index >= 15 is 0 Å².